The number of nitrogens with zero attached hydrogens (tertiary/aromatic N) is 1. The molecule has 0 N–H and O–H groups in total. The lowest BCUT2D eigenvalue weighted by atomic mass is 10.2. The van der Waals surface area contributed by atoms with Crippen molar-refractivity contribution in [2.45, 2.75) is 0 Å². The zero-order valence-electron chi connectivity index (χ0n) is 6.65. The molecule has 1 nitrogen and oxygen atoms in total. The largest absolute Gasteiger partial charge is 1.00 e. The molecule has 0 bridgehead atoms. The van der Waals surface area contributed by atoms with Gasteiger partial charge in [-0.05, 0) is 0 Å². The minimum atomic E-state index is 0. The SMILES string of the molecule is C=C1C[N+](C)(C)CC1=C.[Br-]. The second-order valence-corrected chi connectivity index (χ2v) is 3.46. The second-order valence-electron chi connectivity index (χ2n) is 3.46. The Labute approximate surface area is 73.4 Å². The van der Waals surface area contributed by atoms with Crippen LogP contribution in [-0.4, -0.2) is 31.7 Å². The lowest BCUT2D eigenvalue weighted by molar-refractivity contribution is -0.872. The third-order valence-corrected chi connectivity index (χ3v) is 1.74. The van der Waals surface area contributed by atoms with Crippen molar-refractivity contribution in [3.05, 3.63) is 24.3 Å². The molecule has 0 aromatic heterocycles. The van der Waals surface area contributed by atoms with E-state index in [0.717, 1.165) is 17.6 Å². The predicted octanol–water partition coefficient (Wildman–Crippen LogP) is -1.81. The molecule has 0 unspecified atom stereocenters. The van der Waals surface area contributed by atoms with Crippen LogP contribution in [0.1, 0.15) is 0 Å². The number of hydrogen-bond donors (Lipinski definition) is 0. The molecule has 0 aromatic rings. The molecule has 0 radical (unpaired) electrons. The van der Waals surface area contributed by atoms with E-state index in [0.29, 0.717) is 0 Å². The summed E-state index contributed by atoms with van der Waals surface area (Å²) in [5, 5.41) is 0. The lowest BCUT2D eigenvalue weighted by Gasteiger charge is -2.21. The molecule has 1 aliphatic rings. The highest BCUT2D eigenvalue weighted by Gasteiger charge is 2.27. The van der Waals surface area contributed by atoms with Gasteiger partial charge in [-0.1, -0.05) is 13.2 Å². The van der Waals surface area contributed by atoms with Crippen LogP contribution < -0.4 is 17.0 Å². The van der Waals surface area contributed by atoms with E-state index in [4.69, 9.17) is 0 Å². The van der Waals surface area contributed by atoms with Crippen LogP contribution >= 0.6 is 0 Å². The number of rotatable bonds is 0. The molecule has 1 rings (SSSR count). The fourth-order valence-corrected chi connectivity index (χ4v) is 1.31. The van der Waals surface area contributed by atoms with Gasteiger partial charge in [0.05, 0.1) is 14.1 Å². The summed E-state index contributed by atoms with van der Waals surface area (Å²) in [6.45, 7) is 9.97. The fourth-order valence-electron chi connectivity index (χ4n) is 1.31. The fraction of sp³-hybridized carbons (Fsp3) is 0.500. The topological polar surface area (TPSA) is 0 Å². The summed E-state index contributed by atoms with van der Waals surface area (Å²) < 4.78 is 1.03. The second kappa shape index (κ2) is 2.89. The first-order valence-corrected chi connectivity index (χ1v) is 3.19. The van der Waals surface area contributed by atoms with E-state index < -0.39 is 0 Å². The average Bonchev–Trinajstić information content (AvgIpc) is 1.79. The Balaban J connectivity index is 0.000000810. The standard InChI is InChI=1S/C8H14N.BrH/c1-7-5-9(3,4)6-8(7)2;/h1-2,5-6H2,3-4H3;1H/q+1;/p-1. The number of hydrogen-bond acceptors (Lipinski definition) is 0. The number of halogens is 1. The van der Waals surface area contributed by atoms with Gasteiger partial charge in [-0.15, -0.1) is 0 Å². The Morgan fingerprint density at radius 3 is 1.50 bits per heavy atom. The van der Waals surface area contributed by atoms with Gasteiger partial charge in [-0.3, -0.25) is 0 Å². The summed E-state index contributed by atoms with van der Waals surface area (Å²) in [6.07, 6.45) is 0. The summed E-state index contributed by atoms with van der Waals surface area (Å²) >= 11 is 0. The third kappa shape index (κ3) is 1.96. The van der Waals surface area contributed by atoms with E-state index in [1.807, 2.05) is 0 Å². The molecule has 2 heteroatoms. The van der Waals surface area contributed by atoms with Crippen LogP contribution in [0.15, 0.2) is 24.3 Å². The molecule has 1 fully saturated rings. The number of likely N-dealkylation sites (tertiary alicyclic amines) is 1. The van der Waals surface area contributed by atoms with Crippen LogP contribution in [-0.2, 0) is 0 Å². The van der Waals surface area contributed by atoms with E-state index in [1.165, 1.54) is 11.1 Å². The molecular formula is C8H14BrN. The Kier molecular flexibility index (Phi) is 2.86. The third-order valence-electron chi connectivity index (χ3n) is 1.74. The van der Waals surface area contributed by atoms with Crippen molar-refractivity contribution in [2.75, 3.05) is 27.2 Å². The van der Waals surface area contributed by atoms with Crippen LogP contribution in [0.4, 0.5) is 0 Å². The molecule has 0 saturated carbocycles. The van der Waals surface area contributed by atoms with Crippen LogP contribution in [0, 0.1) is 0 Å². The summed E-state index contributed by atoms with van der Waals surface area (Å²) in [7, 11) is 4.40. The van der Waals surface area contributed by atoms with Crippen LogP contribution in [0.2, 0.25) is 0 Å². The smallest absolute Gasteiger partial charge is 0.104 e. The molecule has 1 heterocycles. The first kappa shape index (κ1) is 9.92. The zero-order chi connectivity index (χ0) is 7.07. The van der Waals surface area contributed by atoms with Gasteiger partial charge in [-0.25, -0.2) is 0 Å². The van der Waals surface area contributed by atoms with Gasteiger partial charge < -0.3 is 21.5 Å². The van der Waals surface area contributed by atoms with Crippen molar-refractivity contribution in [1.82, 2.24) is 0 Å². The number of quaternary nitrogens is 1. The molecule has 10 heavy (non-hydrogen) atoms. The van der Waals surface area contributed by atoms with Gasteiger partial charge >= 0.3 is 0 Å². The Morgan fingerprint density at radius 1 is 1.10 bits per heavy atom. The maximum atomic E-state index is 3.92. The van der Waals surface area contributed by atoms with Crippen molar-refractivity contribution in [1.29, 1.82) is 0 Å². The molecular weight excluding hydrogens is 190 g/mol. The average molecular weight is 204 g/mol. The molecule has 1 saturated heterocycles. The van der Waals surface area contributed by atoms with Crippen LogP contribution in [0.25, 0.3) is 0 Å². The number of likely N-dealkylation sites (N-methyl/N-ethyl adjacent to an activating group) is 1. The van der Waals surface area contributed by atoms with Crippen LogP contribution in [0.5, 0.6) is 0 Å². The highest BCUT2D eigenvalue weighted by Crippen LogP contribution is 2.21. The Morgan fingerprint density at radius 2 is 1.40 bits per heavy atom. The van der Waals surface area contributed by atoms with E-state index in [2.05, 4.69) is 27.3 Å². The summed E-state index contributed by atoms with van der Waals surface area (Å²) in [5.41, 5.74) is 2.44. The minimum Gasteiger partial charge on any atom is -1.00 e. The van der Waals surface area contributed by atoms with Crippen molar-refractivity contribution >= 4 is 0 Å². The van der Waals surface area contributed by atoms with Gasteiger partial charge in [-0.2, -0.15) is 0 Å². The monoisotopic (exact) mass is 203 g/mol. The molecule has 0 amide bonds. The first-order valence-electron chi connectivity index (χ1n) is 3.19. The van der Waals surface area contributed by atoms with Gasteiger partial charge in [0.25, 0.3) is 0 Å². The highest BCUT2D eigenvalue weighted by molar-refractivity contribution is 5.28. The summed E-state index contributed by atoms with van der Waals surface area (Å²) in [6, 6.07) is 0. The Hall–Kier alpha value is -0.0800. The van der Waals surface area contributed by atoms with Gasteiger partial charge in [0.15, 0.2) is 0 Å². The molecule has 1 aliphatic heterocycles. The quantitative estimate of drug-likeness (QED) is 0.408. The van der Waals surface area contributed by atoms with Gasteiger partial charge in [0.2, 0.25) is 0 Å². The molecule has 58 valence electrons. The lowest BCUT2D eigenvalue weighted by Crippen LogP contribution is -3.00. The summed E-state index contributed by atoms with van der Waals surface area (Å²) in [4.78, 5) is 0. The zero-order valence-corrected chi connectivity index (χ0v) is 8.24. The predicted molar refractivity (Wildman–Crippen MR) is 40.1 cm³/mol. The molecule has 0 spiro atoms. The van der Waals surface area contributed by atoms with Gasteiger partial charge in [0, 0.05) is 11.1 Å². The van der Waals surface area contributed by atoms with E-state index >= 15 is 0 Å². The van der Waals surface area contributed by atoms with Crippen LogP contribution in [0.3, 0.4) is 0 Å². The molecule has 0 atom stereocenters. The van der Waals surface area contributed by atoms with Crippen molar-refractivity contribution in [2.24, 2.45) is 0 Å². The molecule has 0 aliphatic carbocycles. The normalized spacial score (nSPS) is 22.6. The van der Waals surface area contributed by atoms with Crippen molar-refractivity contribution < 1.29 is 21.5 Å². The van der Waals surface area contributed by atoms with E-state index in [9.17, 15) is 0 Å². The first-order chi connectivity index (χ1) is 4.01. The van der Waals surface area contributed by atoms with Crippen molar-refractivity contribution in [3.8, 4) is 0 Å². The van der Waals surface area contributed by atoms with E-state index in [-0.39, 0.29) is 17.0 Å². The molecule has 0 aromatic carbocycles. The Bertz CT molecular complexity index is 152. The van der Waals surface area contributed by atoms with E-state index in [1.54, 1.807) is 0 Å². The van der Waals surface area contributed by atoms with Crippen molar-refractivity contribution in [3.63, 3.8) is 0 Å². The minimum absolute atomic E-state index is 0. The maximum absolute atomic E-state index is 3.92. The highest BCUT2D eigenvalue weighted by atomic mass is 79.9. The maximum Gasteiger partial charge on any atom is 0.104 e. The summed E-state index contributed by atoms with van der Waals surface area (Å²) in [5.74, 6) is 0. The van der Waals surface area contributed by atoms with Gasteiger partial charge in [0.1, 0.15) is 13.1 Å².